The van der Waals surface area contributed by atoms with Crippen molar-refractivity contribution in [1.29, 1.82) is 0 Å². The summed E-state index contributed by atoms with van der Waals surface area (Å²) >= 11 is 0. The van der Waals surface area contributed by atoms with Crippen molar-refractivity contribution in [2.24, 2.45) is 0 Å². The molecule has 0 aliphatic carbocycles. The summed E-state index contributed by atoms with van der Waals surface area (Å²) in [5.74, 6) is 0. The Morgan fingerprint density at radius 1 is 1.92 bits per heavy atom. The smallest absolute Gasteiger partial charge is 0.404 e. The lowest BCUT2D eigenvalue weighted by Crippen LogP contribution is -2.35. The van der Waals surface area contributed by atoms with Crippen LogP contribution < -0.4 is 5.32 Å². The van der Waals surface area contributed by atoms with Gasteiger partial charge in [0.15, 0.2) is 0 Å². The van der Waals surface area contributed by atoms with E-state index in [0.29, 0.717) is 13.2 Å². The average Bonchev–Trinajstić information content (AvgIpc) is 2.69. The van der Waals surface area contributed by atoms with Crippen molar-refractivity contribution in [3.8, 4) is 0 Å². The number of amides is 1. The van der Waals surface area contributed by atoms with E-state index in [1.54, 1.807) is 6.92 Å². The summed E-state index contributed by atoms with van der Waals surface area (Å²) in [4.78, 5) is 10.1. The van der Waals surface area contributed by atoms with Gasteiger partial charge in [-0.25, -0.2) is 4.79 Å². The minimum atomic E-state index is -1.02. The Balaban J connectivity index is 1.93. The summed E-state index contributed by atoms with van der Waals surface area (Å²) in [6.07, 6.45) is -0.782. The molecule has 0 bridgehead atoms. The Labute approximate surface area is 70.7 Å². The third-order valence-corrected chi connectivity index (χ3v) is 1.44. The van der Waals surface area contributed by atoms with Gasteiger partial charge in [0.1, 0.15) is 6.10 Å². The maximum absolute atomic E-state index is 10.1. The van der Waals surface area contributed by atoms with Crippen molar-refractivity contribution >= 4 is 6.09 Å². The van der Waals surface area contributed by atoms with E-state index in [2.05, 4.69) is 5.32 Å². The van der Waals surface area contributed by atoms with Crippen LogP contribution in [0.15, 0.2) is 0 Å². The van der Waals surface area contributed by atoms with Crippen LogP contribution in [0.5, 0.6) is 0 Å². The zero-order valence-corrected chi connectivity index (χ0v) is 6.95. The van der Waals surface area contributed by atoms with E-state index < -0.39 is 6.09 Å². The van der Waals surface area contributed by atoms with Crippen molar-refractivity contribution in [3.05, 3.63) is 0 Å². The second-order valence-electron chi connectivity index (χ2n) is 2.84. The van der Waals surface area contributed by atoms with Crippen LogP contribution in [0.1, 0.15) is 6.92 Å². The summed E-state index contributed by atoms with van der Waals surface area (Å²) < 4.78 is 10.1. The van der Waals surface area contributed by atoms with Crippen LogP contribution in [-0.2, 0) is 9.47 Å². The molecule has 5 heteroatoms. The molecule has 0 saturated carbocycles. The van der Waals surface area contributed by atoms with E-state index in [0.717, 1.165) is 6.61 Å². The van der Waals surface area contributed by atoms with Crippen LogP contribution in [-0.4, -0.2) is 43.2 Å². The summed E-state index contributed by atoms with van der Waals surface area (Å²) in [5.41, 5.74) is 0. The Kier molecular flexibility index (Phi) is 3.31. The first-order valence-electron chi connectivity index (χ1n) is 3.87. The third-order valence-electron chi connectivity index (χ3n) is 1.44. The van der Waals surface area contributed by atoms with Crippen LogP contribution in [0.3, 0.4) is 0 Å². The van der Waals surface area contributed by atoms with Crippen molar-refractivity contribution in [3.63, 3.8) is 0 Å². The molecule has 0 aromatic carbocycles. The molecule has 1 fully saturated rings. The highest BCUT2D eigenvalue weighted by Gasteiger charge is 2.22. The van der Waals surface area contributed by atoms with Gasteiger partial charge in [0.25, 0.3) is 0 Å². The predicted octanol–water partition coefficient (Wildman–Crippen LogP) is 0.0579. The van der Waals surface area contributed by atoms with Crippen LogP contribution in [0, 0.1) is 0 Å². The minimum absolute atomic E-state index is 0.166. The van der Waals surface area contributed by atoms with Crippen molar-refractivity contribution < 1.29 is 19.4 Å². The molecule has 2 N–H and O–H groups in total. The maximum atomic E-state index is 10.1. The summed E-state index contributed by atoms with van der Waals surface area (Å²) in [5, 5.41) is 10.6. The molecule has 1 unspecified atom stereocenters. The van der Waals surface area contributed by atoms with Crippen LogP contribution in [0.25, 0.3) is 0 Å². The van der Waals surface area contributed by atoms with E-state index in [4.69, 9.17) is 14.6 Å². The van der Waals surface area contributed by atoms with Gasteiger partial charge in [0.2, 0.25) is 0 Å². The summed E-state index contributed by atoms with van der Waals surface area (Å²) in [6.45, 7) is 3.47. The van der Waals surface area contributed by atoms with Crippen molar-refractivity contribution in [2.75, 3.05) is 19.8 Å². The Hall–Kier alpha value is -0.810. The van der Waals surface area contributed by atoms with E-state index in [9.17, 15) is 4.79 Å². The lowest BCUT2D eigenvalue weighted by Gasteiger charge is -2.10. The fraction of sp³-hybridized carbons (Fsp3) is 0.857. The van der Waals surface area contributed by atoms with Crippen molar-refractivity contribution in [2.45, 2.75) is 19.1 Å². The first-order valence-corrected chi connectivity index (χ1v) is 3.87. The number of hydrogen-bond acceptors (Lipinski definition) is 3. The lowest BCUT2D eigenvalue weighted by molar-refractivity contribution is 0.0986. The Morgan fingerprint density at radius 3 is 3.08 bits per heavy atom. The largest absolute Gasteiger partial charge is 0.465 e. The second kappa shape index (κ2) is 4.27. The molecular formula is C7H13NO4. The SMILES string of the molecule is C[C@@H](COCC1CO1)NC(=O)O. The standard InChI is InChI=1S/C7H13NO4/c1-5(8-7(9)10)2-11-3-6-4-12-6/h5-6,8H,2-4H2,1H3,(H,9,10)/t5-,6?/m0/s1. The van der Waals surface area contributed by atoms with Gasteiger partial charge in [-0.1, -0.05) is 0 Å². The van der Waals surface area contributed by atoms with Crippen LogP contribution in [0.4, 0.5) is 4.79 Å². The maximum Gasteiger partial charge on any atom is 0.404 e. The zero-order valence-electron chi connectivity index (χ0n) is 6.95. The third kappa shape index (κ3) is 4.15. The lowest BCUT2D eigenvalue weighted by atomic mass is 10.4. The molecule has 1 saturated heterocycles. The van der Waals surface area contributed by atoms with Gasteiger partial charge < -0.3 is 19.9 Å². The van der Waals surface area contributed by atoms with Gasteiger partial charge in [-0.05, 0) is 6.92 Å². The van der Waals surface area contributed by atoms with Gasteiger partial charge in [0.05, 0.1) is 25.9 Å². The van der Waals surface area contributed by atoms with E-state index in [1.807, 2.05) is 0 Å². The first kappa shape index (κ1) is 9.28. The van der Waals surface area contributed by atoms with Gasteiger partial charge >= 0.3 is 6.09 Å². The number of carboxylic acid groups (broad SMARTS) is 1. The number of nitrogens with one attached hydrogen (secondary N) is 1. The van der Waals surface area contributed by atoms with Gasteiger partial charge in [-0.2, -0.15) is 0 Å². The number of ether oxygens (including phenoxy) is 2. The number of rotatable bonds is 5. The molecular weight excluding hydrogens is 162 g/mol. The monoisotopic (exact) mass is 175 g/mol. The number of carbonyl (C=O) groups is 1. The highest BCUT2D eigenvalue weighted by atomic mass is 16.6. The van der Waals surface area contributed by atoms with Crippen molar-refractivity contribution in [1.82, 2.24) is 5.32 Å². The molecule has 1 amide bonds. The zero-order chi connectivity index (χ0) is 8.97. The highest BCUT2D eigenvalue weighted by Crippen LogP contribution is 2.08. The fourth-order valence-corrected chi connectivity index (χ4v) is 0.793. The molecule has 1 aliphatic rings. The first-order chi connectivity index (χ1) is 5.68. The Bertz CT molecular complexity index is 157. The molecule has 12 heavy (non-hydrogen) atoms. The topological polar surface area (TPSA) is 71.1 Å². The molecule has 0 spiro atoms. The average molecular weight is 175 g/mol. The molecule has 2 atom stereocenters. The normalized spacial score (nSPS) is 23.2. The van der Waals surface area contributed by atoms with Crippen LogP contribution in [0.2, 0.25) is 0 Å². The highest BCUT2D eigenvalue weighted by molar-refractivity contribution is 5.64. The van der Waals surface area contributed by atoms with Gasteiger partial charge in [-0.15, -0.1) is 0 Å². The molecule has 70 valence electrons. The van der Waals surface area contributed by atoms with E-state index >= 15 is 0 Å². The van der Waals surface area contributed by atoms with E-state index in [-0.39, 0.29) is 12.1 Å². The molecule has 1 rings (SSSR count). The number of hydrogen-bond donors (Lipinski definition) is 2. The molecule has 0 aromatic heterocycles. The summed E-state index contributed by atoms with van der Waals surface area (Å²) in [7, 11) is 0. The second-order valence-corrected chi connectivity index (χ2v) is 2.84. The Morgan fingerprint density at radius 2 is 2.58 bits per heavy atom. The number of epoxide rings is 1. The predicted molar refractivity (Wildman–Crippen MR) is 41.2 cm³/mol. The van der Waals surface area contributed by atoms with Gasteiger partial charge in [0, 0.05) is 0 Å². The quantitative estimate of drug-likeness (QED) is 0.579. The molecule has 0 aromatic rings. The minimum Gasteiger partial charge on any atom is -0.465 e. The van der Waals surface area contributed by atoms with E-state index in [1.165, 1.54) is 0 Å². The van der Waals surface area contributed by atoms with Gasteiger partial charge in [-0.3, -0.25) is 0 Å². The summed E-state index contributed by atoms with van der Waals surface area (Å²) in [6, 6.07) is -0.166. The van der Waals surface area contributed by atoms with Crippen LogP contribution >= 0.6 is 0 Å². The molecule has 1 heterocycles. The molecule has 1 aliphatic heterocycles. The fourth-order valence-electron chi connectivity index (χ4n) is 0.793. The molecule has 0 radical (unpaired) electrons. The molecule has 5 nitrogen and oxygen atoms in total.